The minimum atomic E-state index is -2.49. The molecule has 0 bridgehead atoms. The van der Waals surface area contributed by atoms with Gasteiger partial charge in [-0.05, 0) is 30.2 Å². The Morgan fingerprint density at radius 3 is 2.65 bits per heavy atom. The Kier molecular flexibility index (Phi) is 5.05. The highest BCUT2D eigenvalue weighted by Gasteiger charge is 2.15. The van der Waals surface area contributed by atoms with Crippen molar-refractivity contribution >= 4 is 21.8 Å². The molecule has 0 heterocycles. The van der Waals surface area contributed by atoms with E-state index >= 15 is 0 Å². The highest BCUT2D eigenvalue weighted by atomic mass is 79.9. The van der Waals surface area contributed by atoms with E-state index in [0.29, 0.717) is 0 Å². The van der Waals surface area contributed by atoms with Crippen LogP contribution in [0, 0.1) is 6.92 Å². The fourth-order valence-corrected chi connectivity index (χ4v) is 1.94. The zero-order valence-electron chi connectivity index (χ0n) is 9.71. The van der Waals surface area contributed by atoms with Crippen LogP contribution in [0.2, 0.25) is 0 Å². The maximum atomic E-state index is 12.1. The van der Waals surface area contributed by atoms with Crippen LogP contribution in [0.1, 0.15) is 11.1 Å². The molecule has 17 heavy (non-hydrogen) atoms. The van der Waals surface area contributed by atoms with Gasteiger partial charge in [-0.15, -0.1) is 0 Å². The second-order valence-corrected chi connectivity index (χ2v) is 4.83. The third-order valence-electron chi connectivity index (χ3n) is 2.48. The third-order valence-corrected chi connectivity index (χ3v) is 2.98. The van der Waals surface area contributed by atoms with Crippen LogP contribution < -0.4 is 0 Å². The monoisotopic (exact) mass is 305 g/mol. The molecule has 0 saturated heterocycles. The van der Waals surface area contributed by atoms with Crippen molar-refractivity contribution in [1.82, 2.24) is 4.90 Å². The van der Waals surface area contributed by atoms with Gasteiger partial charge in [0.05, 0.1) is 13.0 Å². The highest BCUT2D eigenvalue weighted by Crippen LogP contribution is 2.16. The van der Waals surface area contributed by atoms with Gasteiger partial charge in [0.15, 0.2) is 0 Å². The summed E-state index contributed by atoms with van der Waals surface area (Å²) in [6.07, 6.45) is -2.34. The first-order valence-corrected chi connectivity index (χ1v) is 5.96. The molecular weight excluding hydrogens is 292 g/mol. The molecule has 0 atom stereocenters. The molecular formula is C12H14BrF2NO. The lowest BCUT2D eigenvalue weighted by Crippen LogP contribution is -2.32. The van der Waals surface area contributed by atoms with Crippen LogP contribution in [0.5, 0.6) is 0 Å². The quantitative estimate of drug-likeness (QED) is 0.837. The van der Waals surface area contributed by atoms with Crippen molar-refractivity contribution in [1.29, 1.82) is 0 Å². The Bertz CT molecular complexity index is 409. The van der Waals surface area contributed by atoms with Gasteiger partial charge in [0, 0.05) is 11.5 Å². The maximum absolute atomic E-state index is 12.1. The number of rotatable bonds is 4. The van der Waals surface area contributed by atoms with Crippen LogP contribution >= 0.6 is 15.9 Å². The Morgan fingerprint density at radius 1 is 1.47 bits per heavy atom. The van der Waals surface area contributed by atoms with E-state index in [9.17, 15) is 13.6 Å². The summed E-state index contributed by atoms with van der Waals surface area (Å²) in [5.41, 5.74) is 1.83. The lowest BCUT2D eigenvalue weighted by atomic mass is 10.1. The molecule has 2 nitrogen and oxygen atoms in total. The van der Waals surface area contributed by atoms with E-state index in [2.05, 4.69) is 15.9 Å². The SMILES string of the molecule is Cc1cc(Br)ccc1CC(=O)N(C)CC(F)F. The standard InChI is InChI=1S/C12H14BrF2NO/c1-8-5-10(13)4-3-9(8)6-12(17)16(2)7-11(14)15/h3-5,11H,6-7H2,1-2H3. The number of hydrogen-bond donors (Lipinski definition) is 0. The van der Waals surface area contributed by atoms with Gasteiger partial charge in [0.2, 0.25) is 5.91 Å². The second-order valence-electron chi connectivity index (χ2n) is 3.91. The molecule has 0 aliphatic rings. The molecule has 0 saturated carbocycles. The topological polar surface area (TPSA) is 20.3 Å². The molecule has 0 N–H and O–H groups in total. The zero-order chi connectivity index (χ0) is 13.0. The third kappa shape index (κ3) is 4.42. The van der Waals surface area contributed by atoms with E-state index in [1.54, 1.807) is 0 Å². The average molecular weight is 306 g/mol. The van der Waals surface area contributed by atoms with Crippen molar-refractivity contribution in [2.24, 2.45) is 0 Å². The number of alkyl halides is 2. The smallest absolute Gasteiger partial charge is 0.255 e. The van der Waals surface area contributed by atoms with Gasteiger partial charge in [0.25, 0.3) is 6.43 Å². The molecule has 1 amide bonds. The van der Waals surface area contributed by atoms with Crippen molar-refractivity contribution in [2.75, 3.05) is 13.6 Å². The number of aryl methyl sites for hydroxylation is 1. The summed E-state index contributed by atoms with van der Waals surface area (Å²) in [7, 11) is 1.39. The molecule has 1 rings (SSSR count). The first-order chi connectivity index (χ1) is 7.90. The van der Waals surface area contributed by atoms with Crippen LogP contribution in [0.15, 0.2) is 22.7 Å². The molecule has 0 aliphatic heterocycles. The van der Waals surface area contributed by atoms with E-state index in [1.165, 1.54) is 7.05 Å². The summed E-state index contributed by atoms with van der Waals surface area (Å²) in [6, 6.07) is 5.56. The first-order valence-electron chi connectivity index (χ1n) is 5.17. The van der Waals surface area contributed by atoms with E-state index < -0.39 is 13.0 Å². The second kappa shape index (κ2) is 6.10. The minimum absolute atomic E-state index is 0.155. The Hall–Kier alpha value is -0.970. The van der Waals surface area contributed by atoms with Crippen molar-refractivity contribution < 1.29 is 13.6 Å². The van der Waals surface area contributed by atoms with Gasteiger partial charge in [-0.25, -0.2) is 8.78 Å². The van der Waals surface area contributed by atoms with E-state index in [-0.39, 0.29) is 12.3 Å². The van der Waals surface area contributed by atoms with E-state index in [1.807, 2.05) is 25.1 Å². The number of hydrogen-bond acceptors (Lipinski definition) is 1. The summed E-state index contributed by atoms with van der Waals surface area (Å²) >= 11 is 3.33. The molecule has 0 aromatic heterocycles. The highest BCUT2D eigenvalue weighted by molar-refractivity contribution is 9.10. The van der Waals surface area contributed by atoms with Crippen molar-refractivity contribution in [3.63, 3.8) is 0 Å². The summed E-state index contributed by atoms with van der Waals surface area (Å²) in [5, 5.41) is 0. The predicted molar refractivity (Wildman–Crippen MR) is 66.2 cm³/mol. The van der Waals surface area contributed by atoms with Gasteiger partial charge in [0.1, 0.15) is 0 Å². The van der Waals surface area contributed by atoms with Crippen molar-refractivity contribution in [3.8, 4) is 0 Å². The van der Waals surface area contributed by atoms with E-state index in [4.69, 9.17) is 0 Å². The minimum Gasteiger partial charge on any atom is -0.340 e. The molecule has 0 unspecified atom stereocenters. The van der Waals surface area contributed by atoms with Crippen LogP contribution in [-0.4, -0.2) is 30.8 Å². The molecule has 0 aliphatic carbocycles. The van der Waals surface area contributed by atoms with Gasteiger partial charge in [-0.1, -0.05) is 22.0 Å². The van der Waals surface area contributed by atoms with Gasteiger partial charge >= 0.3 is 0 Å². The number of amides is 1. The zero-order valence-corrected chi connectivity index (χ0v) is 11.3. The number of carbonyl (C=O) groups excluding carboxylic acids is 1. The van der Waals surface area contributed by atoms with Crippen LogP contribution in [0.4, 0.5) is 8.78 Å². The van der Waals surface area contributed by atoms with Crippen LogP contribution in [-0.2, 0) is 11.2 Å². The van der Waals surface area contributed by atoms with Gasteiger partial charge in [-0.3, -0.25) is 4.79 Å². The summed E-state index contributed by atoms with van der Waals surface area (Å²) < 4.78 is 25.2. The van der Waals surface area contributed by atoms with Gasteiger partial charge < -0.3 is 4.90 Å². The van der Waals surface area contributed by atoms with Crippen LogP contribution in [0.25, 0.3) is 0 Å². The fraction of sp³-hybridized carbons (Fsp3) is 0.417. The molecule has 1 aromatic carbocycles. The lowest BCUT2D eigenvalue weighted by molar-refractivity contribution is -0.130. The number of benzene rings is 1. The number of likely N-dealkylation sites (N-methyl/N-ethyl adjacent to an activating group) is 1. The first kappa shape index (κ1) is 14.1. The van der Waals surface area contributed by atoms with E-state index in [0.717, 1.165) is 20.5 Å². The summed E-state index contributed by atoms with van der Waals surface area (Å²) in [5.74, 6) is -0.296. The molecule has 5 heteroatoms. The number of halogens is 3. The Labute approximate surface area is 108 Å². The summed E-state index contributed by atoms with van der Waals surface area (Å²) in [6.45, 7) is 1.37. The maximum Gasteiger partial charge on any atom is 0.255 e. The number of carbonyl (C=O) groups is 1. The summed E-state index contributed by atoms with van der Waals surface area (Å²) in [4.78, 5) is 12.7. The van der Waals surface area contributed by atoms with Crippen LogP contribution in [0.3, 0.4) is 0 Å². The molecule has 1 aromatic rings. The molecule has 0 fully saturated rings. The average Bonchev–Trinajstić information content (AvgIpc) is 2.21. The predicted octanol–water partition coefficient (Wildman–Crippen LogP) is 3.02. The van der Waals surface area contributed by atoms with Crippen molar-refractivity contribution in [3.05, 3.63) is 33.8 Å². The molecule has 0 radical (unpaired) electrons. The molecule has 94 valence electrons. The Morgan fingerprint density at radius 2 is 2.12 bits per heavy atom. The van der Waals surface area contributed by atoms with Gasteiger partial charge in [-0.2, -0.15) is 0 Å². The fourth-order valence-electron chi connectivity index (χ4n) is 1.46. The Balaban J connectivity index is 2.67. The van der Waals surface area contributed by atoms with Crippen molar-refractivity contribution in [2.45, 2.75) is 19.8 Å². The largest absolute Gasteiger partial charge is 0.340 e. The number of nitrogens with zero attached hydrogens (tertiary/aromatic N) is 1. The lowest BCUT2D eigenvalue weighted by Gasteiger charge is -2.17. The molecule has 0 spiro atoms. The normalized spacial score (nSPS) is 10.7.